The van der Waals surface area contributed by atoms with Crippen molar-refractivity contribution in [3.8, 4) is 5.75 Å². The fraction of sp³-hybridized carbons (Fsp3) is 0.333. The van der Waals surface area contributed by atoms with Crippen molar-refractivity contribution in [1.82, 2.24) is 0 Å². The molecule has 0 aliphatic rings. The van der Waals surface area contributed by atoms with Gasteiger partial charge in [0.25, 0.3) is 5.78 Å². The van der Waals surface area contributed by atoms with E-state index >= 15 is 0 Å². The first kappa shape index (κ1) is 13.7. The Bertz CT molecular complexity index is 454. The van der Waals surface area contributed by atoms with Crippen LogP contribution >= 0.6 is 15.9 Å². The van der Waals surface area contributed by atoms with E-state index in [0.717, 1.165) is 5.56 Å². The molecule has 0 saturated heterocycles. The van der Waals surface area contributed by atoms with Crippen molar-refractivity contribution in [1.29, 1.82) is 0 Å². The predicted molar refractivity (Wildman–Crippen MR) is 66.4 cm³/mol. The second-order valence-corrected chi connectivity index (χ2v) is 4.18. The van der Waals surface area contributed by atoms with E-state index in [4.69, 9.17) is 4.74 Å². The zero-order chi connectivity index (χ0) is 13.0. The number of esters is 1. The minimum Gasteiger partial charge on any atom is -0.496 e. The van der Waals surface area contributed by atoms with Gasteiger partial charge in [0, 0.05) is 4.47 Å². The Morgan fingerprint density at radius 3 is 2.53 bits per heavy atom. The molecule has 0 bridgehead atoms. The third-order valence-electron chi connectivity index (χ3n) is 2.20. The summed E-state index contributed by atoms with van der Waals surface area (Å²) in [5.41, 5.74) is 0.981. The molecule has 0 amide bonds. The summed E-state index contributed by atoms with van der Waals surface area (Å²) in [5.74, 6) is -1.20. The Morgan fingerprint density at radius 1 is 1.35 bits per heavy atom. The Morgan fingerprint density at radius 2 is 2.00 bits per heavy atom. The normalized spacial score (nSPS) is 9.88. The van der Waals surface area contributed by atoms with E-state index in [-0.39, 0.29) is 12.2 Å². The third kappa shape index (κ3) is 2.85. The highest BCUT2D eigenvalue weighted by atomic mass is 79.9. The van der Waals surface area contributed by atoms with Crippen LogP contribution in [-0.2, 0) is 9.53 Å². The number of rotatable bonds is 4. The van der Waals surface area contributed by atoms with Crippen LogP contribution in [0.3, 0.4) is 0 Å². The van der Waals surface area contributed by atoms with Gasteiger partial charge in [-0.2, -0.15) is 0 Å². The second-order valence-electron chi connectivity index (χ2n) is 3.32. The smallest absolute Gasteiger partial charge is 0.379 e. The number of carbonyl (C=O) groups excluding carboxylic acids is 2. The summed E-state index contributed by atoms with van der Waals surface area (Å²) in [6.07, 6.45) is 0. The topological polar surface area (TPSA) is 52.6 Å². The lowest BCUT2D eigenvalue weighted by Gasteiger charge is -2.11. The van der Waals surface area contributed by atoms with E-state index < -0.39 is 11.8 Å². The molecule has 0 fully saturated rings. The summed E-state index contributed by atoms with van der Waals surface area (Å²) in [7, 11) is 1.46. The van der Waals surface area contributed by atoms with Crippen LogP contribution in [-0.4, -0.2) is 25.5 Å². The van der Waals surface area contributed by atoms with E-state index in [1.54, 1.807) is 26.0 Å². The number of Topliss-reactive ketones (excluding diaryl/α,β-unsaturated/α-hetero) is 1. The average molecular weight is 301 g/mol. The second kappa shape index (κ2) is 5.82. The van der Waals surface area contributed by atoms with Crippen molar-refractivity contribution < 1.29 is 19.1 Å². The highest BCUT2D eigenvalue weighted by Gasteiger charge is 2.25. The van der Waals surface area contributed by atoms with Gasteiger partial charge in [0.05, 0.1) is 19.3 Å². The molecule has 1 aromatic carbocycles. The molecule has 0 N–H and O–H groups in total. The van der Waals surface area contributed by atoms with E-state index in [9.17, 15) is 9.59 Å². The maximum absolute atomic E-state index is 11.9. The monoisotopic (exact) mass is 300 g/mol. The number of carbonyl (C=O) groups is 2. The molecular formula is C12H13BrO4. The fourth-order valence-corrected chi connectivity index (χ4v) is 1.93. The lowest BCUT2D eigenvalue weighted by Crippen LogP contribution is -2.19. The van der Waals surface area contributed by atoms with Crippen LogP contribution in [0.2, 0.25) is 0 Å². The highest BCUT2D eigenvalue weighted by Crippen LogP contribution is 2.30. The van der Waals surface area contributed by atoms with Crippen LogP contribution in [0.5, 0.6) is 5.75 Å². The summed E-state index contributed by atoms with van der Waals surface area (Å²) in [6.45, 7) is 3.61. The number of benzene rings is 1. The van der Waals surface area contributed by atoms with Gasteiger partial charge in [0.2, 0.25) is 0 Å². The maximum atomic E-state index is 11.9. The Balaban J connectivity index is 3.25. The molecule has 17 heavy (non-hydrogen) atoms. The number of aryl methyl sites for hydroxylation is 1. The average Bonchev–Trinajstić information content (AvgIpc) is 2.31. The van der Waals surface area contributed by atoms with Gasteiger partial charge in [-0.25, -0.2) is 4.79 Å². The fourth-order valence-electron chi connectivity index (χ4n) is 1.44. The van der Waals surface area contributed by atoms with Gasteiger partial charge in [-0.05, 0) is 41.4 Å². The van der Waals surface area contributed by atoms with E-state index in [0.29, 0.717) is 10.2 Å². The number of hydrogen-bond acceptors (Lipinski definition) is 4. The molecule has 1 rings (SSSR count). The van der Waals surface area contributed by atoms with E-state index in [1.807, 2.05) is 0 Å². The quantitative estimate of drug-likeness (QED) is 0.487. The minimum atomic E-state index is -0.878. The first-order chi connectivity index (χ1) is 8.02. The third-order valence-corrected chi connectivity index (χ3v) is 2.86. The zero-order valence-electron chi connectivity index (χ0n) is 9.87. The SMILES string of the molecule is CCOC(=O)C(=O)c1c(Br)ccc(C)c1OC. The van der Waals surface area contributed by atoms with Crippen molar-refractivity contribution >= 4 is 27.7 Å². The van der Waals surface area contributed by atoms with Crippen molar-refractivity contribution in [2.24, 2.45) is 0 Å². The van der Waals surface area contributed by atoms with Crippen molar-refractivity contribution in [3.05, 3.63) is 27.7 Å². The van der Waals surface area contributed by atoms with Crippen molar-refractivity contribution in [2.45, 2.75) is 13.8 Å². The summed E-state index contributed by atoms with van der Waals surface area (Å²) >= 11 is 3.23. The van der Waals surface area contributed by atoms with Gasteiger partial charge in [0.15, 0.2) is 0 Å². The van der Waals surface area contributed by atoms with Crippen molar-refractivity contribution in [2.75, 3.05) is 13.7 Å². The molecule has 0 radical (unpaired) electrons. The maximum Gasteiger partial charge on any atom is 0.379 e. The largest absolute Gasteiger partial charge is 0.496 e. The van der Waals surface area contributed by atoms with Crippen LogP contribution in [0, 0.1) is 6.92 Å². The van der Waals surface area contributed by atoms with Crippen LogP contribution in [0.15, 0.2) is 16.6 Å². The summed E-state index contributed by atoms with van der Waals surface area (Å²) in [5, 5.41) is 0. The number of halogens is 1. The summed E-state index contributed by atoms with van der Waals surface area (Å²) in [4.78, 5) is 23.3. The van der Waals surface area contributed by atoms with Crippen LogP contribution in [0.25, 0.3) is 0 Å². The Kier molecular flexibility index (Phi) is 4.69. The lowest BCUT2D eigenvalue weighted by atomic mass is 10.1. The van der Waals surface area contributed by atoms with Gasteiger partial charge in [0.1, 0.15) is 5.75 Å². The number of ether oxygens (including phenoxy) is 2. The molecule has 0 unspecified atom stereocenters. The highest BCUT2D eigenvalue weighted by molar-refractivity contribution is 9.10. The summed E-state index contributed by atoms with van der Waals surface area (Å²) in [6, 6.07) is 3.50. The summed E-state index contributed by atoms with van der Waals surface area (Å²) < 4.78 is 10.3. The predicted octanol–water partition coefficient (Wildman–Crippen LogP) is 2.51. The molecule has 0 aliphatic carbocycles. The molecule has 0 heterocycles. The lowest BCUT2D eigenvalue weighted by molar-refractivity contribution is -0.137. The first-order valence-corrected chi connectivity index (χ1v) is 5.86. The molecule has 0 spiro atoms. The molecule has 4 nitrogen and oxygen atoms in total. The van der Waals surface area contributed by atoms with Gasteiger partial charge in [-0.3, -0.25) is 4.79 Å². The molecule has 5 heteroatoms. The Labute approximate surface area is 108 Å². The van der Waals surface area contributed by atoms with Gasteiger partial charge in [-0.15, -0.1) is 0 Å². The molecule has 0 aromatic heterocycles. The van der Waals surface area contributed by atoms with Crippen LogP contribution < -0.4 is 4.74 Å². The first-order valence-electron chi connectivity index (χ1n) is 5.07. The number of ketones is 1. The standard InChI is InChI=1S/C12H13BrO4/c1-4-17-12(15)10(14)9-8(13)6-5-7(2)11(9)16-3/h5-6H,4H2,1-3H3. The number of hydrogen-bond donors (Lipinski definition) is 0. The molecule has 0 saturated carbocycles. The number of methoxy groups -OCH3 is 1. The van der Waals surface area contributed by atoms with Gasteiger partial charge >= 0.3 is 5.97 Å². The molecule has 92 valence electrons. The van der Waals surface area contributed by atoms with Gasteiger partial charge in [-0.1, -0.05) is 6.07 Å². The Hall–Kier alpha value is -1.36. The molecule has 0 atom stereocenters. The molecule has 0 aliphatic heterocycles. The zero-order valence-corrected chi connectivity index (χ0v) is 11.5. The van der Waals surface area contributed by atoms with E-state index in [2.05, 4.69) is 20.7 Å². The van der Waals surface area contributed by atoms with Gasteiger partial charge < -0.3 is 9.47 Å². The molecule has 1 aromatic rings. The minimum absolute atomic E-state index is 0.163. The van der Waals surface area contributed by atoms with Crippen LogP contribution in [0.1, 0.15) is 22.8 Å². The van der Waals surface area contributed by atoms with Crippen LogP contribution in [0.4, 0.5) is 0 Å². The molecular weight excluding hydrogens is 288 g/mol. The van der Waals surface area contributed by atoms with Crippen molar-refractivity contribution in [3.63, 3.8) is 0 Å². The van der Waals surface area contributed by atoms with E-state index in [1.165, 1.54) is 7.11 Å².